The maximum Gasteiger partial charge on any atom is 0.250 e. The summed E-state index contributed by atoms with van der Waals surface area (Å²) in [7, 11) is 1.93. The van der Waals surface area contributed by atoms with Crippen molar-refractivity contribution in [3.63, 3.8) is 0 Å². The fourth-order valence-corrected chi connectivity index (χ4v) is 1.34. The van der Waals surface area contributed by atoms with Crippen LogP contribution in [-0.2, 0) is 0 Å². The van der Waals surface area contributed by atoms with E-state index in [-0.39, 0.29) is 0 Å². The molecule has 1 heterocycles. The summed E-state index contributed by atoms with van der Waals surface area (Å²) in [5.74, 6) is 0.818. The number of nitrogens with zero attached hydrogens (tertiary/aromatic N) is 1. The quantitative estimate of drug-likeness (QED) is 0.653. The molecule has 0 aliphatic heterocycles. The van der Waals surface area contributed by atoms with Gasteiger partial charge >= 0.3 is 0 Å². The Hall–Kier alpha value is -1.62. The van der Waals surface area contributed by atoms with Crippen LogP contribution < -0.4 is 16.4 Å². The first-order chi connectivity index (χ1) is 7.63. The van der Waals surface area contributed by atoms with Gasteiger partial charge < -0.3 is 16.4 Å². The van der Waals surface area contributed by atoms with Crippen molar-refractivity contribution in [1.29, 1.82) is 0 Å². The molecule has 0 bridgehead atoms. The highest BCUT2D eigenvalue weighted by Crippen LogP contribution is 2.05. The molecule has 0 saturated carbocycles. The molecule has 88 valence electrons. The Morgan fingerprint density at radius 3 is 2.75 bits per heavy atom. The lowest BCUT2D eigenvalue weighted by Gasteiger charge is -2.12. The number of hydrogen-bond donors (Lipinski definition) is 3. The summed E-state index contributed by atoms with van der Waals surface area (Å²) in [6, 6.07) is 3.42. The maximum absolute atomic E-state index is 10.8. The summed E-state index contributed by atoms with van der Waals surface area (Å²) in [6.45, 7) is 3.93. The first-order valence-electron chi connectivity index (χ1n) is 5.27. The molecule has 0 aliphatic rings. The van der Waals surface area contributed by atoms with E-state index in [4.69, 9.17) is 5.73 Å². The number of rotatable bonds is 6. The topological polar surface area (TPSA) is 80.0 Å². The van der Waals surface area contributed by atoms with Crippen LogP contribution in [0.5, 0.6) is 0 Å². The molecule has 16 heavy (non-hydrogen) atoms. The van der Waals surface area contributed by atoms with Crippen molar-refractivity contribution in [2.75, 3.05) is 25.5 Å². The Bertz CT molecular complexity index is 336. The molecule has 0 saturated heterocycles. The van der Waals surface area contributed by atoms with Gasteiger partial charge in [-0.3, -0.25) is 4.79 Å². The van der Waals surface area contributed by atoms with Crippen LogP contribution in [0.15, 0.2) is 18.3 Å². The molecule has 0 fully saturated rings. The van der Waals surface area contributed by atoms with Gasteiger partial charge in [-0.05, 0) is 31.6 Å². The van der Waals surface area contributed by atoms with E-state index in [1.807, 2.05) is 7.05 Å². The van der Waals surface area contributed by atoms with E-state index in [9.17, 15) is 4.79 Å². The van der Waals surface area contributed by atoms with Crippen molar-refractivity contribution < 1.29 is 4.79 Å². The van der Waals surface area contributed by atoms with Crippen molar-refractivity contribution in [2.24, 2.45) is 11.7 Å². The third-order valence-electron chi connectivity index (χ3n) is 2.23. The third kappa shape index (κ3) is 3.86. The molecular formula is C11H18N4O. The molecule has 0 spiro atoms. The number of anilines is 1. The lowest BCUT2D eigenvalue weighted by atomic mass is 10.2. The average molecular weight is 222 g/mol. The van der Waals surface area contributed by atoms with Gasteiger partial charge in [-0.25, -0.2) is 4.98 Å². The number of hydrogen-bond acceptors (Lipinski definition) is 4. The van der Waals surface area contributed by atoms with Gasteiger partial charge in [0.15, 0.2) is 0 Å². The van der Waals surface area contributed by atoms with E-state index in [0.717, 1.165) is 18.9 Å². The number of nitrogens with two attached hydrogens (primary N) is 1. The SMILES string of the molecule is CNCC(C)CNc1ccc(C(N)=O)cn1. The number of pyridine rings is 1. The van der Waals surface area contributed by atoms with E-state index < -0.39 is 5.91 Å². The molecule has 0 radical (unpaired) electrons. The zero-order valence-electron chi connectivity index (χ0n) is 9.66. The van der Waals surface area contributed by atoms with Gasteiger partial charge in [0, 0.05) is 12.7 Å². The summed E-state index contributed by atoms with van der Waals surface area (Å²) in [4.78, 5) is 14.9. The Balaban J connectivity index is 2.46. The van der Waals surface area contributed by atoms with Gasteiger partial charge in [0.25, 0.3) is 0 Å². The van der Waals surface area contributed by atoms with Crippen molar-refractivity contribution in [3.8, 4) is 0 Å². The lowest BCUT2D eigenvalue weighted by molar-refractivity contribution is 0.1000. The summed E-state index contributed by atoms with van der Waals surface area (Å²) in [5, 5.41) is 6.30. The van der Waals surface area contributed by atoms with Crippen LogP contribution >= 0.6 is 0 Å². The Kier molecular flexibility index (Phi) is 4.72. The molecule has 5 nitrogen and oxygen atoms in total. The number of carbonyl (C=O) groups is 1. The average Bonchev–Trinajstić information content (AvgIpc) is 2.27. The van der Waals surface area contributed by atoms with Gasteiger partial charge in [-0.15, -0.1) is 0 Å². The molecule has 0 aromatic carbocycles. The molecule has 1 unspecified atom stereocenters. The predicted molar refractivity (Wildman–Crippen MR) is 64.3 cm³/mol. The van der Waals surface area contributed by atoms with Gasteiger partial charge in [-0.1, -0.05) is 6.92 Å². The highest BCUT2D eigenvalue weighted by molar-refractivity contribution is 5.92. The number of primary amides is 1. The lowest BCUT2D eigenvalue weighted by Crippen LogP contribution is -2.23. The summed E-state index contributed by atoms with van der Waals surface area (Å²) in [5.41, 5.74) is 5.54. The molecule has 1 rings (SSSR count). The second kappa shape index (κ2) is 6.07. The third-order valence-corrected chi connectivity index (χ3v) is 2.23. The molecule has 1 atom stereocenters. The monoisotopic (exact) mass is 222 g/mol. The minimum absolute atomic E-state index is 0.425. The number of aromatic nitrogens is 1. The zero-order valence-corrected chi connectivity index (χ0v) is 9.66. The second-order valence-electron chi connectivity index (χ2n) is 3.84. The van der Waals surface area contributed by atoms with E-state index in [2.05, 4.69) is 22.5 Å². The maximum atomic E-state index is 10.8. The number of amides is 1. The van der Waals surface area contributed by atoms with Crippen molar-refractivity contribution >= 4 is 11.7 Å². The standard InChI is InChI=1S/C11H18N4O/c1-8(5-13-2)6-14-10-4-3-9(7-15-10)11(12)16/h3-4,7-8,13H,5-6H2,1-2H3,(H2,12,16)(H,14,15). The number of nitrogens with one attached hydrogen (secondary N) is 2. The Labute approximate surface area is 95.4 Å². The number of carbonyl (C=O) groups excluding carboxylic acids is 1. The smallest absolute Gasteiger partial charge is 0.250 e. The van der Waals surface area contributed by atoms with Crippen molar-refractivity contribution in [1.82, 2.24) is 10.3 Å². The van der Waals surface area contributed by atoms with E-state index in [0.29, 0.717) is 11.5 Å². The summed E-state index contributed by atoms with van der Waals surface area (Å²) >= 11 is 0. The van der Waals surface area contributed by atoms with Crippen LogP contribution in [0.1, 0.15) is 17.3 Å². The van der Waals surface area contributed by atoms with Crippen molar-refractivity contribution in [2.45, 2.75) is 6.92 Å². The van der Waals surface area contributed by atoms with Crippen LogP contribution in [-0.4, -0.2) is 31.0 Å². The largest absolute Gasteiger partial charge is 0.370 e. The van der Waals surface area contributed by atoms with Gasteiger partial charge in [0.2, 0.25) is 5.91 Å². The zero-order chi connectivity index (χ0) is 12.0. The van der Waals surface area contributed by atoms with Crippen molar-refractivity contribution in [3.05, 3.63) is 23.9 Å². The van der Waals surface area contributed by atoms with E-state index in [1.54, 1.807) is 12.1 Å². The Morgan fingerprint density at radius 2 is 2.25 bits per heavy atom. The highest BCUT2D eigenvalue weighted by Gasteiger charge is 2.02. The molecule has 1 aromatic heterocycles. The fraction of sp³-hybridized carbons (Fsp3) is 0.455. The van der Waals surface area contributed by atoms with Crippen LogP contribution in [0.25, 0.3) is 0 Å². The molecule has 5 heteroatoms. The minimum atomic E-state index is -0.456. The Morgan fingerprint density at radius 1 is 1.50 bits per heavy atom. The summed E-state index contributed by atoms with van der Waals surface area (Å²) in [6.07, 6.45) is 1.48. The van der Waals surface area contributed by atoms with Crippen LogP contribution in [0.2, 0.25) is 0 Å². The first-order valence-corrected chi connectivity index (χ1v) is 5.27. The fourth-order valence-electron chi connectivity index (χ4n) is 1.34. The van der Waals surface area contributed by atoms with Crippen LogP contribution in [0, 0.1) is 5.92 Å². The van der Waals surface area contributed by atoms with Gasteiger partial charge in [0.1, 0.15) is 5.82 Å². The first kappa shape index (κ1) is 12.4. The normalized spacial score (nSPS) is 12.1. The molecular weight excluding hydrogens is 204 g/mol. The predicted octanol–water partition coefficient (Wildman–Crippen LogP) is 0.448. The molecule has 0 aliphatic carbocycles. The second-order valence-corrected chi connectivity index (χ2v) is 3.84. The van der Waals surface area contributed by atoms with Gasteiger partial charge in [-0.2, -0.15) is 0 Å². The van der Waals surface area contributed by atoms with Gasteiger partial charge in [0.05, 0.1) is 5.56 Å². The highest BCUT2D eigenvalue weighted by atomic mass is 16.1. The van der Waals surface area contributed by atoms with E-state index >= 15 is 0 Å². The van der Waals surface area contributed by atoms with Crippen LogP contribution in [0.4, 0.5) is 5.82 Å². The molecule has 4 N–H and O–H groups in total. The van der Waals surface area contributed by atoms with E-state index in [1.165, 1.54) is 6.20 Å². The molecule has 1 aromatic rings. The molecule has 1 amide bonds. The van der Waals surface area contributed by atoms with Crippen LogP contribution in [0.3, 0.4) is 0 Å². The summed E-state index contributed by atoms with van der Waals surface area (Å²) < 4.78 is 0. The minimum Gasteiger partial charge on any atom is -0.370 e.